The number of aromatic nitrogens is 3. The second-order valence-corrected chi connectivity index (χ2v) is 8.11. The van der Waals surface area contributed by atoms with E-state index in [4.69, 9.17) is 9.84 Å². The lowest BCUT2D eigenvalue weighted by Gasteiger charge is -2.13. The number of ether oxygens (including phenoxy) is 1. The van der Waals surface area contributed by atoms with Gasteiger partial charge in [-0.15, -0.1) is 0 Å². The van der Waals surface area contributed by atoms with Crippen LogP contribution in [0.15, 0.2) is 48.5 Å². The molecule has 0 radical (unpaired) electrons. The molecule has 4 aromatic rings. The van der Waals surface area contributed by atoms with E-state index >= 15 is 0 Å². The van der Waals surface area contributed by atoms with Crippen molar-refractivity contribution in [2.45, 2.75) is 41.0 Å². The summed E-state index contributed by atoms with van der Waals surface area (Å²) in [6.07, 6.45) is 0.845. The number of carbonyl (C=O) groups excluding carboxylic acids is 1. The number of hydrogen-bond donors (Lipinski definition) is 1. The average Bonchev–Trinajstić information content (AvgIpc) is 3.11. The van der Waals surface area contributed by atoms with Crippen molar-refractivity contribution in [3.05, 3.63) is 76.5 Å². The van der Waals surface area contributed by atoms with Crippen molar-refractivity contribution in [1.82, 2.24) is 14.8 Å². The fourth-order valence-corrected chi connectivity index (χ4v) is 3.93. The Bertz CT molecular complexity index is 1290. The summed E-state index contributed by atoms with van der Waals surface area (Å²) in [5.41, 5.74) is 7.74. The molecule has 0 bridgehead atoms. The Morgan fingerprint density at radius 1 is 1.03 bits per heavy atom. The van der Waals surface area contributed by atoms with Gasteiger partial charge >= 0.3 is 0 Å². The fourth-order valence-electron chi connectivity index (χ4n) is 3.93. The number of amides is 1. The van der Waals surface area contributed by atoms with Crippen molar-refractivity contribution in [3.8, 4) is 11.6 Å². The summed E-state index contributed by atoms with van der Waals surface area (Å²) in [5, 5.41) is 8.68. The van der Waals surface area contributed by atoms with Crippen LogP contribution in [-0.2, 0) is 11.2 Å². The summed E-state index contributed by atoms with van der Waals surface area (Å²) in [7, 11) is 0. The summed E-state index contributed by atoms with van der Waals surface area (Å²) in [4.78, 5) is 17.3. The maximum atomic E-state index is 12.6. The number of para-hydroxylation sites is 1. The molecule has 4 rings (SSSR count). The fraction of sp³-hybridized carbons (Fsp3) is 0.269. The zero-order chi connectivity index (χ0) is 22.8. The molecule has 0 atom stereocenters. The number of carbonyl (C=O) groups is 1. The van der Waals surface area contributed by atoms with Gasteiger partial charge in [-0.2, -0.15) is 10.1 Å². The van der Waals surface area contributed by atoms with E-state index in [0.29, 0.717) is 11.5 Å². The second-order valence-electron chi connectivity index (χ2n) is 8.11. The number of fused-ring (bicyclic) bond motifs is 1. The van der Waals surface area contributed by atoms with Crippen molar-refractivity contribution in [2.24, 2.45) is 0 Å². The van der Waals surface area contributed by atoms with E-state index in [0.717, 1.165) is 45.6 Å². The minimum atomic E-state index is -0.211. The molecule has 0 saturated heterocycles. The van der Waals surface area contributed by atoms with Crippen LogP contribution >= 0.6 is 0 Å². The molecule has 0 spiro atoms. The monoisotopic (exact) mass is 428 g/mol. The predicted octanol–water partition coefficient (Wildman–Crippen LogP) is 5.23. The van der Waals surface area contributed by atoms with Crippen LogP contribution in [0.25, 0.3) is 16.7 Å². The van der Waals surface area contributed by atoms with Gasteiger partial charge in [-0.1, -0.05) is 42.8 Å². The van der Waals surface area contributed by atoms with Crippen LogP contribution in [0.3, 0.4) is 0 Å². The van der Waals surface area contributed by atoms with Crippen molar-refractivity contribution in [3.63, 3.8) is 0 Å². The Balaban J connectivity index is 1.58. The van der Waals surface area contributed by atoms with Gasteiger partial charge in [0.2, 0.25) is 5.88 Å². The number of aryl methyl sites for hydroxylation is 5. The first-order valence-corrected chi connectivity index (χ1v) is 10.8. The average molecular weight is 429 g/mol. The van der Waals surface area contributed by atoms with E-state index in [9.17, 15) is 4.79 Å². The molecule has 2 aromatic carbocycles. The highest BCUT2D eigenvalue weighted by atomic mass is 16.5. The van der Waals surface area contributed by atoms with E-state index in [2.05, 4.69) is 24.1 Å². The maximum absolute atomic E-state index is 12.6. The highest BCUT2D eigenvalue weighted by Crippen LogP contribution is 2.27. The largest absolute Gasteiger partial charge is 0.467 e. The number of hydrogen-bond acceptors (Lipinski definition) is 4. The molecule has 0 unspecified atom stereocenters. The molecule has 0 aliphatic rings. The van der Waals surface area contributed by atoms with E-state index < -0.39 is 0 Å². The van der Waals surface area contributed by atoms with Gasteiger partial charge in [-0.3, -0.25) is 4.79 Å². The van der Waals surface area contributed by atoms with Gasteiger partial charge in [0, 0.05) is 17.1 Å². The third-order valence-corrected chi connectivity index (χ3v) is 5.62. The first-order chi connectivity index (χ1) is 15.4. The first kappa shape index (κ1) is 21.6. The van der Waals surface area contributed by atoms with Crippen LogP contribution in [0.5, 0.6) is 5.88 Å². The van der Waals surface area contributed by atoms with Gasteiger partial charge in [0.25, 0.3) is 5.91 Å². The SMILES string of the molecule is CCc1cccc(C)c1NC(=O)COc1cc(C)c2c(C)nn(-c3ccc(C)cc3)c2n1. The lowest BCUT2D eigenvalue weighted by Crippen LogP contribution is -2.21. The molecule has 0 saturated carbocycles. The van der Waals surface area contributed by atoms with Crippen LogP contribution in [0, 0.1) is 27.7 Å². The molecule has 6 heteroatoms. The van der Waals surface area contributed by atoms with E-state index in [1.807, 2.05) is 74.0 Å². The molecule has 0 fully saturated rings. The molecule has 2 aromatic heterocycles. The summed E-state index contributed by atoms with van der Waals surface area (Å²) < 4.78 is 7.62. The standard InChI is InChI=1S/C26H28N4O2/c1-6-20-9-7-8-17(3)25(20)27-22(31)15-32-23-14-18(4)24-19(5)29-30(26(24)28-23)21-12-10-16(2)11-13-21/h7-14H,6,15H2,1-5H3,(H,27,31). The summed E-state index contributed by atoms with van der Waals surface area (Å²) in [6.45, 7) is 9.98. The van der Waals surface area contributed by atoms with Crippen molar-refractivity contribution in [2.75, 3.05) is 11.9 Å². The van der Waals surface area contributed by atoms with Crippen molar-refractivity contribution < 1.29 is 9.53 Å². The lowest BCUT2D eigenvalue weighted by molar-refractivity contribution is -0.118. The van der Waals surface area contributed by atoms with Crippen LogP contribution in [0.2, 0.25) is 0 Å². The third-order valence-electron chi connectivity index (χ3n) is 5.62. The van der Waals surface area contributed by atoms with Crippen molar-refractivity contribution in [1.29, 1.82) is 0 Å². The first-order valence-electron chi connectivity index (χ1n) is 10.8. The molecule has 164 valence electrons. The lowest BCUT2D eigenvalue weighted by atomic mass is 10.1. The summed E-state index contributed by atoms with van der Waals surface area (Å²) in [5.74, 6) is 0.190. The minimum absolute atomic E-state index is 0.118. The quantitative estimate of drug-likeness (QED) is 0.456. The van der Waals surface area contributed by atoms with Crippen LogP contribution in [-0.4, -0.2) is 27.3 Å². The zero-order valence-electron chi connectivity index (χ0n) is 19.2. The Labute approximate surface area is 188 Å². The van der Waals surface area contributed by atoms with Gasteiger partial charge in [0.15, 0.2) is 12.3 Å². The van der Waals surface area contributed by atoms with Crippen LogP contribution in [0.4, 0.5) is 5.69 Å². The molecule has 6 nitrogen and oxygen atoms in total. The highest BCUT2D eigenvalue weighted by molar-refractivity contribution is 5.93. The van der Waals surface area contributed by atoms with Crippen LogP contribution in [0.1, 0.15) is 34.9 Å². The number of rotatable bonds is 6. The van der Waals surface area contributed by atoms with Crippen LogP contribution < -0.4 is 10.1 Å². The van der Waals surface area contributed by atoms with Gasteiger partial charge in [-0.25, -0.2) is 4.68 Å². The zero-order valence-corrected chi connectivity index (χ0v) is 19.2. The Kier molecular flexibility index (Phi) is 5.95. The molecule has 32 heavy (non-hydrogen) atoms. The number of nitrogens with zero attached hydrogens (tertiary/aromatic N) is 3. The predicted molar refractivity (Wildman–Crippen MR) is 128 cm³/mol. The minimum Gasteiger partial charge on any atom is -0.467 e. The topological polar surface area (TPSA) is 69.0 Å². The van der Waals surface area contributed by atoms with E-state index in [-0.39, 0.29) is 12.5 Å². The number of benzene rings is 2. The summed E-state index contributed by atoms with van der Waals surface area (Å²) in [6, 6.07) is 16.0. The van der Waals surface area contributed by atoms with E-state index in [1.54, 1.807) is 0 Å². The normalized spacial score (nSPS) is 11.0. The molecule has 2 heterocycles. The Morgan fingerprint density at radius 3 is 2.50 bits per heavy atom. The maximum Gasteiger partial charge on any atom is 0.262 e. The molecular weight excluding hydrogens is 400 g/mol. The van der Waals surface area contributed by atoms with Gasteiger partial charge < -0.3 is 10.1 Å². The van der Waals surface area contributed by atoms with Gasteiger partial charge in [-0.05, 0) is 62.9 Å². The molecule has 1 N–H and O–H groups in total. The third kappa shape index (κ3) is 4.21. The smallest absolute Gasteiger partial charge is 0.262 e. The number of nitrogens with one attached hydrogen (secondary N) is 1. The molecule has 1 amide bonds. The van der Waals surface area contributed by atoms with E-state index in [1.165, 1.54) is 5.56 Å². The Morgan fingerprint density at radius 2 is 1.78 bits per heavy atom. The van der Waals surface area contributed by atoms with Crippen molar-refractivity contribution >= 4 is 22.6 Å². The highest BCUT2D eigenvalue weighted by Gasteiger charge is 2.16. The summed E-state index contributed by atoms with van der Waals surface area (Å²) >= 11 is 0. The number of pyridine rings is 1. The molecule has 0 aliphatic carbocycles. The number of anilines is 1. The molecule has 0 aliphatic heterocycles. The van der Waals surface area contributed by atoms with Gasteiger partial charge in [0.1, 0.15) is 0 Å². The molecular formula is C26H28N4O2. The Hall–Kier alpha value is -3.67. The van der Waals surface area contributed by atoms with Gasteiger partial charge in [0.05, 0.1) is 11.4 Å². The second kappa shape index (κ2) is 8.83.